The van der Waals surface area contributed by atoms with Crippen molar-refractivity contribution in [3.05, 3.63) is 12.2 Å². The largest absolute Gasteiger partial charge is 0.481 e. The van der Waals surface area contributed by atoms with E-state index in [0.29, 0.717) is 5.82 Å². The predicted molar refractivity (Wildman–Crippen MR) is 45.2 cm³/mol. The molecular weight excluding hydrogens is 178 g/mol. The molecule has 0 aliphatic carbocycles. The minimum absolute atomic E-state index is 0.224. The second-order valence-electron chi connectivity index (χ2n) is 2.32. The first-order valence-electron chi connectivity index (χ1n) is 3.34. The van der Waals surface area contributed by atoms with Gasteiger partial charge in [0.15, 0.2) is 0 Å². The fourth-order valence-electron chi connectivity index (χ4n) is 0.891. The lowest BCUT2D eigenvalue weighted by molar-refractivity contribution is -0.138. The lowest BCUT2D eigenvalue weighted by atomic mass is 10.2. The zero-order valence-corrected chi connectivity index (χ0v) is 7.40. The number of aryl methyl sites for hydroxylation is 1. The van der Waals surface area contributed by atoms with Crippen molar-refractivity contribution in [2.45, 2.75) is 5.92 Å². The van der Waals surface area contributed by atoms with Crippen LogP contribution in [-0.2, 0) is 11.8 Å². The fourth-order valence-corrected chi connectivity index (χ4v) is 1.21. The highest BCUT2D eigenvalue weighted by molar-refractivity contribution is 7.80. The number of carbonyl (C=O) groups is 1. The van der Waals surface area contributed by atoms with E-state index in [1.54, 1.807) is 7.05 Å². The molecule has 1 N–H and O–H groups in total. The van der Waals surface area contributed by atoms with Gasteiger partial charge in [0.25, 0.3) is 0 Å². The molecule has 0 amide bonds. The Kier molecular flexibility index (Phi) is 2.69. The van der Waals surface area contributed by atoms with Crippen molar-refractivity contribution in [1.29, 1.82) is 0 Å². The monoisotopic (exact) mass is 187 g/mol. The molecule has 1 atom stereocenters. The SMILES string of the molecule is Cn1ncnc1C(CS)C(=O)O. The van der Waals surface area contributed by atoms with Gasteiger partial charge in [-0.15, -0.1) is 0 Å². The van der Waals surface area contributed by atoms with Crippen LogP contribution in [0.15, 0.2) is 6.33 Å². The summed E-state index contributed by atoms with van der Waals surface area (Å²) in [6, 6.07) is 0. The third-order valence-electron chi connectivity index (χ3n) is 1.54. The van der Waals surface area contributed by atoms with E-state index in [2.05, 4.69) is 22.7 Å². The average Bonchev–Trinajstić information content (AvgIpc) is 2.38. The van der Waals surface area contributed by atoms with Crippen molar-refractivity contribution in [1.82, 2.24) is 14.8 Å². The first-order valence-corrected chi connectivity index (χ1v) is 3.97. The predicted octanol–water partition coefficient (Wildman–Crippen LogP) is -0.0869. The van der Waals surface area contributed by atoms with Crippen LogP contribution in [0.5, 0.6) is 0 Å². The first-order chi connectivity index (χ1) is 5.66. The van der Waals surface area contributed by atoms with Crippen LogP contribution in [0.25, 0.3) is 0 Å². The van der Waals surface area contributed by atoms with Gasteiger partial charge in [-0.2, -0.15) is 17.7 Å². The quantitative estimate of drug-likeness (QED) is 0.649. The zero-order valence-electron chi connectivity index (χ0n) is 6.51. The van der Waals surface area contributed by atoms with Crippen LogP contribution >= 0.6 is 12.6 Å². The van der Waals surface area contributed by atoms with Gasteiger partial charge in [0.2, 0.25) is 0 Å². The van der Waals surface area contributed by atoms with Crippen LogP contribution in [0.2, 0.25) is 0 Å². The summed E-state index contributed by atoms with van der Waals surface area (Å²) in [6.45, 7) is 0. The maximum atomic E-state index is 10.7. The van der Waals surface area contributed by atoms with Gasteiger partial charge in [0, 0.05) is 12.8 Å². The molecule has 1 heterocycles. The van der Waals surface area contributed by atoms with E-state index in [-0.39, 0.29) is 5.75 Å². The Morgan fingerprint density at radius 2 is 2.58 bits per heavy atom. The van der Waals surface area contributed by atoms with Gasteiger partial charge in [-0.1, -0.05) is 0 Å². The van der Waals surface area contributed by atoms with Crippen molar-refractivity contribution < 1.29 is 9.90 Å². The fraction of sp³-hybridized carbons (Fsp3) is 0.500. The van der Waals surface area contributed by atoms with Crippen molar-refractivity contribution >= 4 is 18.6 Å². The molecule has 0 saturated heterocycles. The molecule has 0 aliphatic heterocycles. The Bertz CT molecular complexity index is 286. The third-order valence-corrected chi connectivity index (χ3v) is 1.90. The van der Waals surface area contributed by atoms with Crippen LogP contribution in [0.1, 0.15) is 11.7 Å². The Hall–Kier alpha value is -1.04. The topological polar surface area (TPSA) is 68.0 Å². The Morgan fingerprint density at radius 1 is 1.92 bits per heavy atom. The van der Waals surface area contributed by atoms with Crippen LogP contribution in [0.4, 0.5) is 0 Å². The van der Waals surface area contributed by atoms with E-state index in [9.17, 15) is 4.79 Å². The minimum atomic E-state index is -0.930. The third kappa shape index (κ3) is 1.58. The van der Waals surface area contributed by atoms with Crippen molar-refractivity contribution in [2.24, 2.45) is 7.05 Å². The number of rotatable bonds is 3. The Morgan fingerprint density at radius 3 is 2.92 bits per heavy atom. The highest BCUT2D eigenvalue weighted by Gasteiger charge is 2.22. The van der Waals surface area contributed by atoms with Gasteiger partial charge in [0.05, 0.1) is 0 Å². The second-order valence-corrected chi connectivity index (χ2v) is 2.68. The average molecular weight is 187 g/mol. The maximum Gasteiger partial charge on any atom is 0.315 e. The summed E-state index contributed by atoms with van der Waals surface area (Å²) in [5.74, 6) is -0.957. The number of aliphatic carboxylic acids is 1. The normalized spacial score (nSPS) is 12.8. The standard InChI is InChI=1S/C6H9N3O2S/c1-9-5(7-3-8-9)4(2-12)6(10)11/h3-4,12H,2H2,1H3,(H,10,11). The summed E-state index contributed by atoms with van der Waals surface area (Å²) in [7, 11) is 1.65. The van der Waals surface area contributed by atoms with Gasteiger partial charge in [-0.05, 0) is 0 Å². The molecule has 0 saturated carbocycles. The smallest absolute Gasteiger partial charge is 0.315 e. The number of hydrogen-bond donors (Lipinski definition) is 2. The molecule has 0 bridgehead atoms. The minimum Gasteiger partial charge on any atom is -0.481 e. The molecule has 0 radical (unpaired) electrons. The van der Waals surface area contributed by atoms with Gasteiger partial charge in [0.1, 0.15) is 18.1 Å². The number of hydrogen-bond acceptors (Lipinski definition) is 4. The molecule has 0 aromatic carbocycles. The Balaban J connectivity index is 2.94. The van der Waals surface area contributed by atoms with Gasteiger partial charge in [-0.25, -0.2) is 4.98 Å². The van der Waals surface area contributed by atoms with Crippen LogP contribution in [0, 0.1) is 0 Å². The molecule has 0 aliphatic rings. The van der Waals surface area contributed by atoms with E-state index in [1.165, 1.54) is 11.0 Å². The summed E-state index contributed by atoms with van der Waals surface area (Å²) < 4.78 is 1.44. The van der Waals surface area contributed by atoms with Gasteiger partial charge >= 0.3 is 5.97 Å². The number of carboxylic acids is 1. The number of aromatic nitrogens is 3. The molecule has 0 fully saturated rings. The van der Waals surface area contributed by atoms with Crippen molar-refractivity contribution in [3.8, 4) is 0 Å². The molecule has 0 spiro atoms. The van der Waals surface area contributed by atoms with E-state index >= 15 is 0 Å². The van der Waals surface area contributed by atoms with E-state index in [4.69, 9.17) is 5.11 Å². The van der Waals surface area contributed by atoms with Crippen LogP contribution < -0.4 is 0 Å². The van der Waals surface area contributed by atoms with Gasteiger partial charge < -0.3 is 5.11 Å². The summed E-state index contributed by atoms with van der Waals surface area (Å²) in [6.07, 6.45) is 1.33. The molecule has 5 nitrogen and oxygen atoms in total. The number of thiol groups is 1. The summed E-state index contributed by atoms with van der Waals surface area (Å²) >= 11 is 3.93. The van der Waals surface area contributed by atoms with E-state index in [1.807, 2.05) is 0 Å². The van der Waals surface area contributed by atoms with Crippen LogP contribution in [0.3, 0.4) is 0 Å². The summed E-state index contributed by atoms with van der Waals surface area (Å²) in [4.78, 5) is 14.5. The molecule has 12 heavy (non-hydrogen) atoms. The van der Waals surface area contributed by atoms with E-state index < -0.39 is 11.9 Å². The highest BCUT2D eigenvalue weighted by atomic mass is 32.1. The molecule has 1 unspecified atom stereocenters. The summed E-state index contributed by atoms with van der Waals surface area (Å²) in [5, 5.41) is 12.5. The lowest BCUT2D eigenvalue weighted by Crippen LogP contribution is -2.17. The Labute approximate surface area is 74.8 Å². The molecule has 1 rings (SSSR count). The second kappa shape index (κ2) is 3.57. The first kappa shape index (κ1) is 9.05. The van der Waals surface area contributed by atoms with E-state index in [0.717, 1.165) is 0 Å². The maximum absolute atomic E-state index is 10.7. The highest BCUT2D eigenvalue weighted by Crippen LogP contribution is 2.13. The van der Waals surface area contributed by atoms with Crippen molar-refractivity contribution in [3.63, 3.8) is 0 Å². The van der Waals surface area contributed by atoms with Gasteiger partial charge in [-0.3, -0.25) is 9.48 Å². The zero-order chi connectivity index (χ0) is 9.14. The molecule has 6 heteroatoms. The molecule has 1 aromatic rings. The van der Waals surface area contributed by atoms with Crippen molar-refractivity contribution in [2.75, 3.05) is 5.75 Å². The number of nitrogens with zero attached hydrogens (tertiary/aromatic N) is 3. The lowest BCUT2D eigenvalue weighted by Gasteiger charge is -2.06. The number of carboxylic acid groups (broad SMARTS) is 1. The molecular formula is C6H9N3O2S. The molecule has 1 aromatic heterocycles. The van der Waals surface area contributed by atoms with Crippen LogP contribution in [-0.4, -0.2) is 31.6 Å². The summed E-state index contributed by atoms with van der Waals surface area (Å²) in [5.41, 5.74) is 0. The molecule has 66 valence electrons.